The third-order valence-corrected chi connectivity index (χ3v) is 4.24. The largest absolute Gasteiger partial charge is 0.352 e. The predicted octanol–water partition coefficient (Wildman–Crippen LogP) is 3.76. The van der Waals surface area contributed by atoms with Gasteiger partial charge in [-0.2, -0.15) is 0 Å². The number of fused-ring (bicyclic) bond motifs is 1. The van der Waals surface area contributed by atoms with Crippen LogP contribution in [0.2, 0.25) is 0 Å². The first-order chi connectivity index (χ1) is 12.1. The monoisotopic (exact) mass is 332 g/mol. The fourth-order valence-electron chi connectivity index (χ4n) is 3.01. The maximum atomic E-state index is 12.3. The summed E-state index contributed by atoms with van der Waals surface area (Å²) in [6.45, 7) is 1.49. The fraction of sp³-hybridized carbons (Fsp3) is 0.227. The van der Waals surface area contributed by atoms with Crippen LogP contribution in [-0.4, -0.2) is 24.9 Å². The van der Waals surface area contributed by atoms with E-state index in [0.29, 0.717) is 13.0 Å². The molecule has 3 heteroatoms. The van der Waals surface area contributed by atoms with Gasteiger partial charge < -0.3 is 10.2 Å². The summed E-state index contributed by atoms with van der Waals surface area (Å²) in [6, 6.07) is 22.7. The highest BCUT2D eigenvalue weighted by molar-refractivity contribution is 5.90. The summed E-state index contributed by atoms with van der Waals surface area (Å²) in [5.41, 5.74) is 3.46. The van der Waals surface area contributed by atoms with Crippen molar-refractivity contribution >= 4 is 16.7 Å². The predicted molar refractivity (Wildman–Crippen MR) is 103 cm³/mol. The minimum Gasteiger partial charge on any atom is -0.352 e. The standard InChI is InChI=1S/C22H24N2O/c1-24(2)16-18-12-10-17(11-13-18)15-23-22(25)14-20-8-5-7-19-6-3-4-9-21(19)20/h3-13H,14-16H2,1-2H3,(H,23,25). The number of hydrogen-bond donors (Lipinski definition) is 1. The Kier molecular flexibility index (Phi) is 5.46. The van der Waals surface area contributed by atoms with Gasteiger partial charge >= 0.3 is 0 Å². The summed E-state index contributed by atoms with van der Waals surface area (Å²) in [6.07, 6.45) is 0.403. The smallest absolute Gasteiger partial charge is 0.224 e. The van der Waals surface area contributed by atoms with Gasteiger partial charge in [0.25, 0.3) is 0 Å². The molecule has 3 aromatic rings. The molecule has 0 aliphatic carbocycles. The number of carbonyl (C=O) groups is 1. The number of nitrogens with zero attached hydrogens (tertiary/aromatic N) is 1. The molecule has 0 heterocycles. The van der Waals surface area contributed by atoms with Gasteiger partial charge in [-0.3, -0.25) is 4.79 Å². The van der Waals surface area contributed by atoms with Crippen LogP contribution in [0, 0.1) is 0 Å². The van der Waals surface area contributed by atoms with Crippen molar-refractivity contribution in [1.82, 2.24) is 10.2 Å². The van der Waals surface area contributed by atoms with Crippen molar-refractivity contribution in [1.29, 1.82) is 0 Å². The van der Waals surface area contributed by atoms with Gasteiger partial charge in [0.2, 0.25) is 5.91 Å². The van der Waals surface area contributed by atoms with Gasteiger partial charge in [0.1, 0.15) is 0 Å². The first-order valence-electron chi connectivity index (χ1n) is 8.58. The molecule has 0 fully saturated rings. The van der Waals surface area contributed by atoms with Crippen LogP contribution >= 0.6 is 0 Å². The molecule has 3 rings (SSSR count). The lowest BCUT2D eigenvalue weighted by atomic mass is 10.0. The zero-order valence-electron chi connectivity index (χ0n) is 14.8. The summed E-state index contributed by atoms with van der Waals surface area (Å²) in [5.74, 6) is 0.0497. The van der Waals surface area contributed by atoms with Crippen molar-refractivity contribution in [2.45, 2.75) is 19.5 Å². The van der Waals surface area contributed by atoms with Gasteiger partial charge in [0, 0.05) is 13.1 Å². The van der Waals surface area contributed by atoms with E-state index in [-0.39, 0.29) is 5.91 Å². The lowest BCUT2D eigenvalue weighted by Crippen LogP contribution is -2.24. The molecule has 0 saturated heterocycles. The molecule has 0 radical (unpaired) electrons. The molecule has 0 spiro atoms. The highest BCUT2D eigenvalue weighted by atomic mass is 16.1. The van der Waals surface area contributed by atoms with Crippen LogP contribution in [0.3, 0.4) is 0 Å². The van der Waals surface area contributed by atoms with E-state index in [4.69, 9.17) is 0 Å². The lowest BCUT2D eigenvalue weighted by molar-refractivity contribution is -0.120. The molecular formula is C22H24N2O. The molecule has 3 nitrogen and oxygen atoms in total. The Morgan fingerprint density at radius 1 is 0.880 bits per heavy atom. The Labute approximate surface area is 149 Å². The zero-order valence-corrected chi connectivity index (χ0v) is 14.8. The fourth-order valence-corrected chi connectivity index (χ4v) is 3.01. The summed E-state index contributed by atoms with van der Waals surface area (Å²) in [5, 5.41) is 5.34. The van der Waals surface area contributed by atoms with Crippen LogP contribution in [0.25, 0.3) is 10.8 Å². The molecule has 128 valence electrons. The number of hydrogen-bond acceptors (Lipinski definition) is 2. The second-order valence-electron chi connectivity index (χ2n) is 6.65. The van der Waals surface area contributed by atoms with Gasteiger partial charge in [-0.1, -0.05) is 66.7 Å². The van der Waals surface area contributed by atoms with Gasteiger partial charge in [-0.15, -0.1) is 0 Å². The van der Waals surface area contributed by atoms with E-state index >= 15 is 0 Å². The van der Waals surface area contributed by atoms with Crippen LogP contribution in [0.4, 0.5) is 0 Å². The number of rotatable bonds is 6. The van der Waals surface area contributed by atoms with Crippen molar-refractivity contribution in [3.05, 3.63) is 83.4 Å². The average molecular weight is 332 g/mol. The molecule has 0 atom stereocenters. The first-order valence-corrected chi connectivity index (χ1v) is 8.58. The van der Waals surface area contributed by atoms with Crippen molar-refractivity contribution in [3.63, 3.8) is 0 Å². The Bertz CT molecular complexity index is 848. The highest BCUT2D eigenvalue weighted by Gasteiger charge is 2.07. The number of nitrogens with one attached hydrogen (secondary N) is 1. The van der Waals surface area contributed by atoms with E-state index in [2.05, 4.69) is 66.8 Å². The van der Waals surface area contributed by atoms with Crippen LogP contribution < -0.4 is 5.32 Å². The number of benzene rings is 3. The van der Waals surface area contributed by atoms with E-state index in [0.717, 1.165) is 23.1 Å². The van der Waals surface area contributed by atoms with Gasteiger partial charge in [-0.25, -0.2) is 0 Å². The van der Waals surface area contributed by atoms with E-state index in [1.54, 1.807) is 0 Å². The number of amides is 1. The molecule has 25 heavy (non-hydrogen) atoms. The molecule has 1 amide bonds. The average Bonchev–Trinajstić information content (AvgIpc) is 2.61. The summed E-state index contributed by atoms with van der Waals surface area (Å²) in [4.78, 5) is 14.5. The minimum absolute atomic E-state index is 0.0497. The summed E-state index contributed by atoms with van der Waals surface area (Å²) in [7, 11) is 4.11. The quantitative estimate of drug-likeness (QED) is 0.745. The van der Waals surface area contributed by atoms with Crippen LogP contribution in [0.15, 0.2) is 66.7 Å². The van der Waals surface area contributed by atoms with Crippen molar-refractivity contribution in [3.8, 4) is 0 Å². The van der Waals surface area contributed by atoms with E-state index < -0.39 is 0 Å². The lowest BCUT2D eigenvalue weighted by Gasteiger charge is -2.11. The molecule has 0 aromatic heterocycles. The Morgan fingerprint density at radius 3 is 2.32 bits per heavy atom. The molecule has 3 aromatic carbocycles. The van der Waals surface area contributed by atoms with Crippen LogP contribution in [0.5, 0.6) is 0 Å². The van der Waals surface area contributed by atoms with E-state index in [1.807, 2.05) is 24.3 Å². The molecule has 0 saturated carbocycles. The van der Waals surface area contributed by atoms with Gasteiger partial charge in [-0.05, 0) is 41.6 Å². The molecule has 0 bridgehead atoms. The second kappa shape index (κ2) is 7.95. The van der Waals surface area contributed by atoms with Crippen LogP contribution in [0.1, 0.15) is 16.7 Å². The maximum absolute atomic E-state index is 12.3. The Hall–Kier alpha value is -2.65. The topological polar surface area (TPSA) is 32.3 Å². The van der Waals surface area contributed by atoms with Gasteiger partial charge in [0.05, 0.1) is 6.42 Å². The first kappa shape index (κ1) is 17.2. The van der Waals surface area contributed by atoms with Gasteiger partial charge in [0.15, 0.2) is 0 Å². The molecule has 0 aliphatic heterocycles. The van der Waals surface area contributed by atoms with Crippen molar-refractivity contribution < 1.29 is 4.79 Å². The molecule has 0 aliphatic rings. The SMILES string of the molecule is CN(C)Cc1ccc(CNC(=O)Cc2cccc3ccccc23)cc1. The summed E-state index contributed by atoms with van der Waals surface area (Å²) >= 11 is 0. The van der Waals surface area contributed by atoms with Crippen LogP contribution in [-0.2, 0) is 24.3 Å². The highest BCUT2D eigenvalue weighted by Crippen LogP contribution is 2.18. The minimum atomic E-state index is 0.0497. The molecule has 1 N–H and O–H groups in total. The van der Waals surface area contributed by atoms with E-state index in [9.17, 15) is 4.79 Å². The normalized spacial score (nSPS) is 11.0. The third-order valence-electron chi connectivity index (χ3n) is 4.24. The third kappa shape index (κ3) is 4.68. The zero-order chi connectivity index (χ0) is 17.6. The van der Waals surface area contributed by atoms with E-state index in [1.165, 1.54) is 10.9 Å². The number of carbonyl (C=O) groups excluding carboxylic acids is 1. The molecular weight excluding hydrogens is 308 g/mol. The summed E-state index contributed by atoms with van der Waals surface area (Å²) < 4.78 is 0. The van der Waals surface area contributed by atoms with Crippen molar-refractivity contribution in [2.24, 2.45) is 0 Å². The molecule has 0 unspecified atom stereocenters. The Morgan fingerprint density at radius 2 is 1.56 bits per heavy atom. The van der Waals surface area contributed by atoms with Crippen molar-refractivity contribution in [2.75, 3.05) is 14.1 Å². The Balaban J connectivity index is 1.59. The maximum Gasteiger partial charge on any atom is 0.224 e. The second-order valence-corrected chi connectivity index (χ2v) is 6.65.